The van der Waals surface area contributed by atoms with Crippen molar-refractivity contribution < 1.29 is 9.53 Å². The summed E-state index contributed by atoms with van der Waals surface area (Å²) < 4.78 is 5.48. The summed E-state index contributed by atoms with van der Waals surface area (Å²) in [6.07, 6.45) is 1.94. The summed E-state index contributed by atoms with van der Waals surface area (Å²) in [7, 11) is 1.76. The number of carbonyl (C=O) groups excluding carboxylic acids is 1. The second-order valence-electron chi connectivity index (χ2n) is 4.15. The Bertz CT molecular complexity index is 363. The molecule has 1 aromatic rings. The van der Waals surface area contributed by atoms with Crippen LogP contribution in [-0.4, -0.2) is 32.1 Å². The van der Waals surface area contributed by atoms with E-state index in [1.807, 2.05) is 11.4 Å². The maximum absolute atomic E-state index is 10.6. The topological polar surface area (TPSA) is 29.5 Å². The van der Waals surface area contributed by atoms with E-state index in [0.717, 1.165) is 36.4 Å². The van der Waals surface area contributed by atoms with E-state index in [1.165, 1.54) is 11.3 Å². The van der Waals surface area contributed by atoms with Crippen LogP contribution in [-0.2, 0) is 4.74 Å². The van der Waals surface area contributed by atoms with Gasteiger partial charge in [0.25, 0.3) is 0 Å². The van der Waals surface area contributed by atoms with Gasteiger partial charge >= 0.3 is 0 Å². The van der Waals surface area contributed by atoms with Crippen LogP contribution in [0.2, 0.25) is 0 Å². The van der Waals surface area contributed by atoms with Crippen LogP contribution < -0.4 is 4.90 Å². The Morgan fingerprint density at radius 3 is 3.00 bits per heavy atom. The lowest BCUT2D eigenvalue weighted by atomic mass is 10.1. The predicted molar refractivity (Wildman–Crippen MR) is 62.0 cm³/mol. The first-order valence-corrected chi connectivity index (χ1v) is 5.89. The van der Waals surface area contributed by atoms with Crippen LogP contribution in [0.5, 0.6) is 0 Å². The molecule has 0 bridgehead atoms. The van der Waals surface area contributed by atoms with Gasteiger partial charge in [-0.05, 0) is 19.4 Å². The molecule has 4 heteroatoms. The van der Waals surface area contributed by atoms with E-state index >= 15 is 0 Å². The minimum absolute atomic E-state index is 0.0384. The van der Waals surface area contributed by atoms with Crippen LogP contribution in [0.15, 0.2) is 11.4 Å². The Hall–Kier alpha value is -0.870. The van der Waals surface area contributed by atoms with Crippen molar-refractivity contribution in [3.05, 3.63) is 16.3 Å². The Labute approximate surface area is 93.7 Å². The van der Waals surface area contributed by atoms with Crippen molar-refractivity contribution in [1.29, 1.82) is 0 Å². The van der Waals surface area contributed by atoms with Gasteiger partial charge < -0.3 is 9.64 Å². The SMILES string of the molecule is COC1(C)CCN(c2csc(C=O)c2)C1. The molecule has 1 unspecified atom stereocenters. The van der Waals surface area contributed by atoms with E-state index in [1.54, 1.807) is 7.11 Å². The highest BCUT2D eigenvalue weighted by atomic mass is 32.1. The van der Waals surface area contributed by atoms with E-state index in [4.69, 9.17) is 4.74 Å². The third-order valence-electron chi connectivity index (χ3n) is 3.02. The maximum atomic E-state index is 10.6. The Morgan fingerprint density at radius 2 is 2.47 bits per heavy atom. The number of rotatable bonds is 3. The average Bonchev–Trinajstić information content (AvgIpc) is 2.84. The van der Waals surface area contributed by atoms with Gasteiger partial charge in [0.05, 0.1) is 10.5 Å². The fourth-order valence-electron chi connectivity index (χ4n) is 1.89. The third kappa shape index (κ3) is 2.06. The third-order valence-corrected chi connectivity index (χ3v) is 3.86. The molecule has 0 spiro atoms. The number of carbonyl (C=O) groups is 1. The molecule has 0 amide bonds. The molecule has 0 saturated carbocycles. The van der Waals surface area contributed by atoms with Crippen LogP contribution in [0.25, 0.3) is 0 Å². The van der Waals surface area contributed by atoms with Crippen LogP contribution in [0.3, 0.4) is 0 Å². The number of thiophene rings is 1. The van der Waals surface area contributed by atoms with Crippen LogP contribution in [0.1, 0.15) is 23.0 Å². The molecule has 3 nitrogen and oxygen atoms in total. The van der Waals surface area contributed by atoms with E-state index in [2.05, 4.69) is 11.8 Å². The van der Waals surface area contributed by atoms with Crippen molar-refractivity contribution in [2.45, 2.75) is 18.9 Å². The largest absolute Gasteiger partial charge is 0.377 e. The van der Waals surface area contributed by atoms with E-state index < -0.39 is 0 Å². The number of anilines is 1. The Morgan fingerprint density at radius 1 is 1.67 bits per heavy atom. The van der Waals surface area contributed by atoms with Gasteiger partial charge in [0.15, 0.2) is 6.29 Å². The fraction of sp³-hybridized carbons (Fsp3) is 0.545. The van der Waals surface area contributed by atoms with Crippen LogP contribution in [0, 0.1) is 0 Å². The lowest BCUT2D eigenvalue weighted by Crippen LogP contribution is -2.31. The van der Waals surface area contributed by atoms with Crippen molar-refractivity contribution >= 4 is 23.3 Å². The number of hydrogen-bond acceptors (Lipinski definition) is 4. The first-order valence-electron chi connectivity index (χ1n) is 5.01. The van der Waals surface area contributed by atoms with Gasteiger partial charge in [0.1, 0.15) is 0 Å². The fourth-order valence-corrected chi connectivity index (χ4v) is 2.61. The number of hydrogen-bond donors (Lipinski definition) is 0. The summed E-state index contributed by atoms with van der Waals surface area (Å²) in [4.78, 5) is 13.6. The molecule has 0 aliphatic carbocycles. The van der Waals surface area contributed by atoms with E-state index in [9.17, 15) is 4.79 Å². The highest BCUT2D eigenvalue weighted by Gasteiger charge is 2.33. The highest BCUT2D eigenvalue weighted by molar-refractivity contribution is 7.12. The van der Waals surface area contributed by atoms with Gasteiger partial charge in [-0.25, -0.2) is 0 Å². The number of ether oxygens (including phenoxy) is 1. The van der Waals surface area contributed by atoms with Gasteiger partial charge in [-0.1, -0.05) is 0 Å². The van der Waals surface area contributed by atoms with Crippen molar-refractivity contribution in [3.63, 3.8) is 0 Å². The molecule has 2 heterocycles. The summed E-state index contributed by atoms with van der Waals surface area (Å²) >= 11 is 1.49. The maximum Gasteiger partial charge on any atom is 0.160 e. The first-order chi connectivity index (χ1) is 7.17. The van der Waals surface area contributed by atoms with E-state index in [0.29, 0.717) is 0 Å². The summed E-state index contributed by atoms with van der Waals surface area (Å²) in [5.74, 6) is 0. The molecule has 1 atom stereocenters. The number of nitrogens with zero attached hydrogens (tertiary/aromatic N) is 1. The summed E-state index contributed by atoms with van der Waals surface area (Å²) in [6.45, 7) is 4.03. The van der Waals surface area contributed by atoms with Crippen molar-refractivity contribution in [2.75, 3.05) is 25.1 Å². The first kappa shape index (κ1) is 10.6. The summed E-state index contributed by atoms with van der Waals surface area (Å²) in [6, 6.07) is 1.94. The highest BCUT2D eigenvalue weighted by Crippen LogP contribution is 2.31. The molecule has 0 N–H and O–H groups in total. The molecule has 0 aromatic carbocycles. The quantitative estimate of drug-likeness (QED) is 0.738. The van der Waals surface area contributed by atoms with Crippen molar-refractivity contribution in [1.82, 2.24) is 0 Å². The molecule has 1 saturated heterocycles. The van der Waals surface area contributed by atoms with Crippen LogP contribution >= 0.6 is 11.3 Å². The van der Waals surface area contributed by atoms with Gasteiger partial charge in [0, 0.05) is 31.3 Å². The predicted octanol–water partition coefficient (Wildman–Crippen LogP) is 2.18. The van der Waals surface area contributed by atoms with E-state index in [-0.39, 0.29) is 5.60 Å². The zero-order valence-corrected chi connectivity index (χ0v) is 9.84. The smallest absolute Gasteiger partial charge is 0.160 e. The lowest BCUT2D eigenvalue weighted by Gasteiger charge is -2.23. The summed E-state index contributed by atoms with van der Waals surface area (Å²) in [5.41, 5.74) is 1.10. The Balaban J connectivity index is 2.10. The minimum atomic E-state index is -0.0384. The van der Waals surface area contributed by atoms with Gasteiger partial charge in [-0.2, -0.15) is 0 Å². The molecule has 2 rings (SSSR count). The number of methoxy groups -OCH3 is 1. The zero-order valence-electron chi connectivity index (χ0n) is 9.03. The second-order valence-corrected chi connectivity index (χ2v) is 5.09. The second kappa shape index (κ2) is 3.94. The molecule has 1 aliphatic rings. The number of aldehydes is 1. The monoisotopic (exact) mass is 225 g/mol. The minimum Gasteiger partial charge on any atom is -0.377 e. The van der Waals surface area contributed by atoms with Crippen molar-refractivity contribution in [3.8, 4) is 0 Å². The normalized spacial score (nSPS) is 25.9. The average molecular weight is 225 g/mol. The zero-order chi connectivity index (χ0) is 10.9. The Kier molecular flexibility index (Phi) is 2.80. The standard InChI is InChI=1S/C11H15NO2S/c1-11(14-2)3-4-12(8-11)9-5-10(6-13)15-7-9/h5-7H,3-4,8H2,1-2H3. The van der Waals surface area contributed by atoms with Gasteiger partial charge in [0.2, 0.25) is 0 Å². The van der Waals surface area contributed by atoms with Crippen molar-refractivity contribution in [2.24, 2.45) is 0 Å². The molecule has 82 valence electrons. The lowest BCUT2D eigenvalue weighted by molar-refractivity contribution is 0.0257. The molecular formula is C11H15NO2S. The molecule has 1 aromatic heterocycles. The molecule has 0 radical (unpaired) electrons. The molecular weight excluding hydrogens is 210 g/mol. The summed E-state index contributed by atoms with van der Waals surface area (Å²) in [5, 5.41) is 2.03. The molecule has 15 heavy (non-hydrogen) atoms. The van der Waals surface area contributed by atoms with Gasteiger partial charge in [-0.3, -0.25) is 4.79 Å². The molecule has 1 fully saturated rings. The molecule has 1 aliphatic heterocycles. The van der Waals surface area contributed by atoms with Crippen LogP contribution in [0.4, 0.5) is 5.69 Å². The van der Waals surface area contributed by atoms with Gasteiger partial charge in [-0.15, -0.1) is 11.3 Å².